The Morgan fingerprint density at radius 3 is 2.35 bits per heavy atom. The fourth-order valence-electron chi connectivity index (χ4n) is 2.18. The molecule has 0 aromatic heterocycles. The second kappa shape index (κ2) is 10.8. The highest BCUT2D eigenvalue weighted by Gasteiger charge is 2.20. The smallest absolute Gasteiger partial charge is 0.0768 e. The minimum Gasteiger partial charge on any atom is -0.382 e. The average Bonchev–Trinajstić information content (AvgIpc) is 2.50. The number of hydrogen-bond acceptors (Lipinski definition) is 4. The van der Waals surface area contributed by atoms with Gasteiger partial charge in [-0.1, -0.05) is 37.3 Å². The van der Waals surface area contributed by atoms with Crippen molar-refractivity contribution in [1.29, 1.82) is 0 Å². The number of hydrogen-bond donors (Lipinski definition) is 1. The van der Waals surface area contributed by atoms with Gasteiger partial charge >= 0.3 is 0 Å². The van der Waals surface area contributed by atoms with Crippen LogP contribution in [0.25, 0.3) is 0 Å². The summed E-state index contributed by atoms with van der Waals surface area (Å²) in [5.41, 5.74) is 1.25. The summed E-state index contributed by atoms with van der Waals surface area (Å²) in [4.78, 5) is 0. The van der Waals surface area contributed by atoms with Crippen molar-refractivity contribution in [3.8, 4) is 0 Å². The van der Waals surface area contributed by atoms with Crippen molar-refractivity contribution in [2.45, 2.75) is 25.5 Å². The molecule has 114 valence electrons. The van der Waals surface area contributed by atoms with Crippen LogP contribution < -0.4 is 5.32 Å². The summed E-state index contributed by atoms with van der Waals surface area (Å²) in [6, 6.07) is 10.6. The third-order valence-electron chi connectivity index (χ3n) is 3.24. The lowest BCUT2D eigenvalue weighted by Gasteiger charge is -2.26. The highest BCUT2D eigenvalue weighted by atomic mass is 16.5. The molecule has 0 radical (unpaired) electrons. The van der Waals surface area contributed by atoms with Gasteiger partial charge in [0.25, 0.3) is 0 Å². The van der Waals surface area contributed by atoms with Gasteiger partial charge in [-0.25, -0.2) is 0 Å². The van der Waals surface area contributed by atoms with Crippen molar-refractivity contribution in [3.63, 3.8) is 0 Å². The molecular formula is C16H27NO3. The monoisotopic (exact) mass is 281 g/mol. The molecule has 0 aliphatic rings. The van der Waals surface area contributed by atoms with E-state index in [2.05, 4.69) is 36.5 Å². The van der Waals surface area contributed by atoms with E-state index in [9.17, 15) is 0 Å². The zero-order valence-corrected chi connectivity index (χ0v) is 12.8. The van der Waals surface area contributed by atoms with Gasteiger partial charge in [0.2, 0.25) is 0 Å². The summed E-state index contributed by atoms with van der Waals surface area (Å²) in [6.45, 7) is 4.59. The van der Waals surface area contributed by atoms with Gasteiger partial charge in [0.05, 0.1) is 38.6 Å². The van der Waals surface area contributed by atoms with Crippen LogP contribution in [-0.2, 0) is 14.2 Å². The van der Waals surface area contributed by atoms with E-state index in [1.807, 2.05) is 13.1 Å². The molecule has 0 saturated carbocycles. The molecule has 0 fully saturated rings. The van der Waals surface area contributed by atoms with E-state index < -0.39 is 0 Å². The normalized spacial score (nSPS) is 14.2. The van der Waals surface area contributed by atoms with Crippen LogP contribution in [0.15, 0.2) is 30.3 Å². The maximum absolute atomic E-state index is 5.95. The van der Waals surface area contributed by atoms with Crippen LogP contribution in [0.1, 0.15) is 24.9 Å². The highest BCUT2D eigenvalue weighted by molar-refractivity contribution is 5.20. The first-order valence-electron chi connectivity index (χ1n) is 7.24. The lowest BCUT2D eigenvalue weighted by atomic mass is 10.00. The zero-order chi connectivity index (χ0) is 14.6. The third kappa shape index (κ3) is 6.01. The Balaban J connectivity index is 2.39. The summed E-state index contributed by atoms with van der Waals surface area (Å²) in [6.07, 6.45) is 1.10. The van der Waals surface area contributed by atoms with Crippen LogP contribution in [0.2, 0.25) is 0 Å². The summed E-state index contributed by atoms with van der Waals surface area (Å²) < 4.78 is 16.3. The van der Waals surface area contributed by atoms with Gasteiger partial charge in [-0.15, -0.1) is 0 Å². The molecule has 1 aromatic rings. The SMILES string of the molecule is CCC(OCCOCCOC)C(NC)c1ccccc1. The molecule has 0 heterocycles. The summed E-state index contributed by atoms with van der Waals surface area (Å²) in [7, 11) is 3.64. The van der Waals surface area contributed by atoms with Gasteiger partial charge < -0.3 is 19.5 Å². The number of benzene rings is 1. The molecule has 0 aliphatic heterocycles. The minimum atomic E-state index is 0.147. The molecule has 4 nitrogen and oxygen atoms in total. The van der Waals surface area contributed by atoms with Crippen molar-refractivity contribution in [2.75, 3.05) is 40.6 Å². The molecule has 0 aliphatic carbocycles. The van der Waals surface area contributed by atoms with Crippen molar-refractivity contribution < 1.29 is 14.2 Å². The maximum atomic E-state index is 5.95. The number of ether oxygens (including phenoxy) is 3. The van der Waals surface area contributed by atoms with Gasteiger partial charge in [-0.05, 0) is 19.0 Å². The Hall–Kier alpha value is -0.940. The van der Waals surface area contributed by atoms with Crippen LogP contribution in [0, 0.1) is 0 Å². The average molecular weight is 281 g/mol. The second-order valence-corrected chi connectivity index (χ2v) is 4.60. The molecule has 0 bridgehead atoms. The first-order chi connectivity index (χ1) is 9.83. The van der Waals surface area contributed by atoms with Gasteiger partial charge in [0.15, 0.2) is 0 Å². The topological polar surface area (TPSA) is 39.7 Å². The molecular weight excluding hydrogens is 254 g/mol. The van der Waals surface area contributed by atoms with E-state index in [-0.39, 0.29) is 12.1 Å². The van der Waals surface area contributed by atoms with Gasteiger partial charge in [0.1, 0.15) is 0 Å². The lowest BCUT2D eigenvalue weighted by molar-refractivity contribution is -0.0204. The second-order valence-electron chi connectivity index (χ2n) is 4.60. The predicted molar refractivity (Wildman–Crippen MR) is 81.0 cm³/mol. The minimum absolute atomic E-state index is 0.147. The van der Waals surface area contributed by atoms with Crippen molar-refractivity contribution >= 4 is 0 Å². The maximum Gasteiger partial charge on any atom is 0.0768 e. The van der Waals surface area contributed by atoms with E-state index in [1.165, 1.54) is 5.56 Å². The summed E-state index contributed by atoms with van der Waals surface area (Å²) >= 11 is 0. The Morgan fingerprint density at radius 1 is 1.05 bits per heavy atom. The standard InChI is InChI=1S/C16H27NO3/c1-4-15(20-13-12-19-11-10-18-3)16(17-2)14-8-6-5-7-9-14/h5-9,15-17H,4,10-13H2,1-3H3. The molecule has 0 spiro atoms. The number of nitrogens with one attached hydrogen (secondary N) is 1. The van der Waals surface area contributed by atoms with E-state index in [0.717, 1.165) is 6.42 Å². The Bertz CT molecular complexity index is 332. The lowest BCUT2D eigenvalue weighted by Crippen LogP contribution is -2.32. The largest absolute Gasteiger partial charge is 0.382 e. The van der Waals surface area contributed by atoms with Gasteiger partial charge in [0, 0.05) is 7.11 Å². The predicted octanol–water partition coefficient (Wildman–Crippen LogP) is 2.41. The van der Waals surface area contributed by atoms with Gasteiger partial charge in [-0.2, -0.15) is 0 Å². The number of rotatable bonds is 11. The van der Waals surface area contributed by atoms with Crippen LogP contribution >= 0.6 is 0 Å². The Kier molecular flexibility index (Phi) is 9.24. The van der Waals surface area contributed by atoms with Crippen LogP contribution in [-0.4, -0.2) is 46.7 Å². The van der Waals surface area contributed by atoms with Crippen molar-refractivity contribution in [3.05, 3.63) is 35.9 Å². The van der Waals surface area contributed by atoms with Crippen LogP contribution in [0.5, 0.6) is 0 Å². The van der Waals surface area contributed by atoms with E-state index in [0.29, 0.717) is 26.4 Å². The molecule has 4 heteroatoms. The Labute approximate surface area is 122 Å². The molecule has 2 atom stereocenters. The van der Waals surface area contributed by atoms with E-state index in [4.69, 9.17) is 14.2 Å². The third-order valence-corrected chi connectivity index (χ3v) is 3.24. The molecule has 0 saturated heterocycles. The van der Waals surface area contributed by atoms with Crippen LogP contribution in [0.4, 0.5) is 0 Å². The van der Waals surface area contributed by atoms with Crippen molar-refractivity contribution in [2.24, 2.45) is 0 Å². The number of methoxy groups -OCH3 is 1. The fraction of sp³-hybridized carbons (Fsp3) is 0.625. The summed E-state index contributed by atoms with van der Waals surface area (Å²) in [5.74, 6) is 0. The quantitative estimate of drug-likeness (QED) is 0.632. The molecule has 2 unspecified atom stereocenters. The molecule has 1 rings (SSSR count). The molecule has 1 aromatic carbocycles. The highest BCUT2D eigenvalue weighted by Crippen LogP contribution is 2.21. The Morgan fingerprint density at radius 2 is 1.75 bits per heavy atom. The zero-order valence-electron chi connectivity index (χ0n) is 12.8. The van der Waals surface area contributed by atoms with E-state index in [1.54, 1.807) is 7.11 Å². The van der Waals surface area contributed by atoms with Crippen molar-refractivity contribution in [1.82, 2.24) is 5.32 Å². The van der Waals surface area contributed by atoms with Crippen LogP contribution in [0.3, 0.4) is 0 Å². The first-order valence-corrected chi connectivity index (χ1v) is 7.24. The summed E-state index contributed by atoms with van der Waals surface area (Å²) in [5, 5.41) is 3.34. The first kappa shape index (κ1) is 17.1. The van der Waals surface area contributed by atoms with E-state index >= 15 is 0 Å². The number of likely N-dealkylation sites (N-methyl/N-ethyl adjacent to an activating group) is 1. The molecule has 0 amide bonds. The van der Waals surface area contributed by atoms with Gasteiger partial charge in [-0.3, -0.25) is 0 Å². The molecule has 20 heavy (non-hydrogen) atoms. The fourth-order valence-corrected chi connectivity index (χ4v) is 2.18. The molecule has 1 N–H and O–H groups in total.